The molecule has 2 aliphatic rings. The average molecular weight is 503 g/mol. The lowest BCUT2D eigenvalue weighted by Gasteiger charge is -2.45. The fraction of sp³-hybridized carbons (Fsp3) is 0.419. The molecule has 5 heteroatoms. The Morgan fingerprint density at radius 3 is 1.94 bits per heavy atom. The molecule has 190 valence electrons. The summed E-state index contributed by atoms with van der Waals surface area (Å²) >= 11 is 0. The lowest BCUT2D eigenvalue weighted by Crippen LogP contribution is -2.51. The first-order valence-corrected chi connectivity index (χ1v) is 14.8. The second kappa shape index (κ2) is 10.8. The van der Waals surface area contributed by atoms with E-state index in [-0.39, 0.29) is 6.04 Å². The van der Waals surface area contributed by atoms with E-state index in [1.165, 1.54) is 31.2 Å². The van der Waals surface area contributed by atoms with Gasteiger partial charge >= 0.3 is 0 Å². The molecular formula is C31H38N2O2S. The second-order valence-electron chi connectivity index (χ2n) is 10.6. The van der Waals surface area contributed by atoms with Crippen molar-refractivity contribution in [1.82, 2.24) is 4.90 Å². The van der Waals surface area contributed by atoms with E-state index in [1.54, 1.807) is 16.4 Å². The lowest BCUT2D eigenvalue weighted by atomic mass is 9.78. The van der Waals surface area contributed by atoms with Crippen molar-refractivity contribution < 1.29 is 8.42 Å². The molecule has 3 aromatic rings. The SMILES string of the molecule is Cc1ccc(N(C2CCN([C@@H]3CCCC[C@@H]3c3ccccc3)CC2)S(=O)(=O)c2ccc(C)cc2)cc1. The number of aryl methyl sites for hydroxylation is 2. The van der Waals surface area contributed by atoms with Gasteiger partial charge in [0, 0.05) is 25.2 Å². The molecule has 4 nitrogen and oxygen atoms in total. The van der Waals surface area contributed by atoms with E-state index in [4.69, 9.17) is 0 Å². The summed E-state index contributed by atoms with van der Waals surface area (Å²) in [6.45, 7) is 5.89. The zero-order valence-corrected chi connectivity index (χ0v) is 22.3. The molecule has 0 radical (unpaired) electrons. The fourth-order valence-electron chi connectivity index (χ4n) is 6.15. The van der Waals surface area contributed by atoms with Gasteiger partial charge in [-0.25, -0.2) is 8.42 Å². The smallest absolute Gasteiger partial charge is 0.264 e. The van der Waals surface area contributed by atoms with Gasteiger partial charge in [0.15, 0.2) is 0 Å². The van der Waals surface area contributed by atoms with Crippen LogP contribution in [0.15, 0.2) is 83.8 Å². The third-order valence-corrected chi connectivity index (χ3v) is 10.0. The normalized spacial score (nSPS) is 21.8. The van der Waals surface area contributed by atoms with Crippen LogP contribution < -0.4 is 4.31 Å². The molecule has 1 aliphatic heterocycles. The van der Waals surface area contributed by atoms with Crippen molar-refractivity contribution in [3.63, 3.8) is 0 Å². The van der Waals surface area contributed by atoms with Crippen LogP contribution in [0.4, 0.5) is 5.69 Å². The van der Waals surface area contributed by atoms with Crippen molar-refractivity contribution in [1.29, 1.82) is 0 Å². The van der Waals surface area contributed by atoms with E-state index < -0.39 is 10.0 Å². The summed E-state index contributed by atoms with van der Waals surface area (Å²) in [6, 6.07) is 26.7. The molecule has 0 N–H and O–H groups in total. The zero-order valence-electron chi connectivity index (χ0n) is 21.5. The Bertz CT molecular complexity index is 1230. The Kier molecular flexibility index (Phi) is 7.49. The third kappa shape index (κ3) is 5.23. The van der Waals surface area contributed by atoms with Crippen LogP contribution in [0.25, 0.3) is 0 Å². The topological polar surface area (TPSA) is 40.6 Å². The van der Waals surface area contributed by atoms with E-state index in [1.807, 2.05) is 50.2 Å². The van der Waals surface area contributed by atoms with Gasteiger partial charge in [0.05, 0.1) is 10.6 Å². The van der Waals surface area contributed by atoms with Crippen LogP contribution in [0.5, 0.6) is 0 Å². The van der Waals surface area contributed by atoms with Gasteiger partial charge in [-0.3, -0.25) is 9.21 Å². The maximum absolute atomic E-state index is 14.0. The van der Waals surface area contributed by atoms with Gasteiger partial charge in [0.2, 0.25) is 0 Å². The number of rotatable bonds is 6. The second-order valence-corrected chi connectivity index (χ2v) is 12.4. The molecule has 0 spiro atoms. The first kappa shape index (κ1) is 25.0. The van der Waals surface area contributed by atoms with Crippen LogP contribution in [-0.2, 0) is 10.0 Å². The Balaban J connectivity index is 1.39. The number of nitrogens with zero attached hydrogens (tertiary/aromatic N) is 2. The Morgan fingerprint density at radius 2 is 1.31 bits per heavy atom. The standard InChI is InChI=1S/C31H38N2O2S/c1-24-12-16-27(17-13-24)33(36(34,35)29-18-14-25(2)15-19-29)28-20-22-32(23-21-28)31-11-7-6-10-30(31)26-8-4-3-5-9-26/h3-5,8-9,12-19,28,30-31H,6-7,10-11,20-23H2,1-2H3/t30-,31-/m1/s1. The minimum absolute atomic E-state index is 0.0472. The highest BCUT2D eigenvalue weighted by Crippen LogP contribution is 2.38. The molecule has 1 aliphatic carbocycles. The summed E-state index contributed by atoms with van der Waals surface area (Å²) in [5.74, 6) is 0.570. The summed E-state index contributed by atoms with van der Waals surface area (Å²) < 4.78 is 29.6. The van der Waals surface area contributed by atoms with Crippen molar-refractivity contribution in [2.75, 3.05) is 17.4 Å². The van der Waals surface area contributed by atoms with Crippen LogP contribution in [0.2, 0.25) is 0 Å². The number of sulfonamides is 1. The van der Waals surface area contributed by atoms with Gasteiger partial charge < -0.3 is 0 Å². The van der Waals surface area contributed by atoms with E-state index in [2.05, 4.69) is 35.2 Å². The Labute approximate surface area is 217 Å². The summed E-state index contributed by atoms with van der Waals surface area (Å²) in [5.41, 5.74) is 4.40. The molecule has 5 rings (SSSR count). The van der Waals surface area contributed by atoms with Crippen molar-refractivity contribution in [3.05, 3.63) is 95.6 Å². The monoisotopic (exact) mass is 502 g/mol. The van der Waals surface area contributed by atoms with Crippen LogP contribution >= 0.6 is 0 Å². The molecule has 0 bridgehead atoms. The summed E-state index contributed by atoms with van der Waals surface area (Å²) in [4.78, 5) is 3.02. The van der Waals surface area contributed by atoms with Crippen molar-refractivity contribution in [3.8, 4) is 0 Å². The lowest BCUT2D eigenvalue weighted by molar-refractivity contribution is 0.107. The number of anilines is 1. The number of hydrogen-bond donors (Lipinski definition) is 0. The largest absolute Gasteiger partial charge is 0.300 e. The first-order valence-electron chi connectivity index (χ1n) is 13.4. The van der Waals surface area contributed by atoms with Crippen molar-refractivity contribution in [2.45, 2.75) is 75.3 Å². The van der Waals surface area contributed by atoms with Crippen LogP contribution in [0, 0.1) is 13.8 Å². The van der Waals surface area contributed by atoms with E-state index in [0.717, 1.165) is 42.7 Å². The number of benzene rings is 3. The van der Waals surface area contributed by atoms with Gasteiger partial charge in [0.25, 0.3) is 10.0 Å². The quantitative estimate of drug-likeness (QED) is 0.377. The van der Waals surface area contributed by atoms with Crippen molar-refractivity contribution in [2.24, 2.45) is 0 Å². The van der Waals surface area contributed by atoms with Gasteiger partial charge in [-0.2, -0.15) is 0 Å². The molecular weight excluding hydrogens is 464 g/mol. The van der Waals surface area contributed by atoms with E-state index in [0.29, 0.717) is 16.9 Å². The van der Waals surface area contributed by atoms with Gasteiger partial charge in [0.1, 0.15) is 0 Å². The average Bonchev–Trinajstić information content (AvgIpc) is 2.91. The molecule has 0 unspecified atom stereocenters. The maximum atomic E-state index is 14.0. The zero-order chi connectivity index (χ0) is 25.1. The summed E-state index contributed by atoms with van der Waals surface area (Å²) in [6.07, 6.45) is 6.74. The highest BCUT2D eigenvalue weighted by atomic mass is 32.2. The minimum atomic E-state index is -3.66. The predicted octanol–water partition coefficient (Wildman–Crippen LogP) is 6.69. The van der Waals surface area contributed by atoms with E-state index >= 15 is 0 Å². The molecule has 2 fully saturated rings. The molecule has 0 aromatic heterocycles. The number of hydrogen-bond acceptors (Lipinski definition) is 3. The fourth-order valence-corrected chi connectivity index (χ4v) is 7.86. The van der Waals surface area contributed by atoms with Gasteiger partial charge in [-0.15, -0.1) is 0 Å². The van der Waals surface area contributed by atoms with Gasteiger partial charge in [-0.05, 0) is 75.3 Å². The van der Waals surface area contributed by atoms with Gasteiger partial charge in [-0.1, -0.05) is 78.6 Å². The molecule has 2 atom stereocenters. The highest BCUT2D eigenvalue weighted by molar-refractivity contribution is 7.92. The number of piperidine rings is 1. The van der Waals surface area contributed by atoms with Crippen molar-refractivity contribution >= 4 is 15.7 Å². The summed E-state index contributed by atoms with van der Waals surface area (Å²) in [7, 11) is -3.66. The first-order chi connectivity index (χ1) is 17.4. The minimum Gasteiger partial charge on any atom is -0.300 e. The van der Waals surface area contributed by atoms with Crippen LogP contribution in [-0.4, -0.2) is 38.5 Å². The number of likely N-dealkylation sites (tertiary alicyclic amines) is 1. The highest BCUT2D eigenvalue weighted by Gasteiger charge is 2.38. The Hall–Kier alpha value is -2.63. The molecule has 1 heterocycles. The molecule has 36 heavy (non-hydrogen) atoms. The Morgan fingerprint density at radius 1 is 0.722 bits per heavy atom. The van der Waals surface area contributed by atoms with Crippen LogP contribution in [0.3, 0.4) is 0 Å². The molecule has 3 aromatic carbocycles. The molecule has 1 saturated heterocycles. The van der Waals surface area contributed by atoms with Crippen LogP contribution in [0.1, 0.15) is 61.1 Å². The summed E-state index contributed by atoms with van der Waals surface area (Å²) in [5, 5.41) is 0. The van der Waals surface area contributed by atoms with E-state index in [9.17, 15) is 8.42 Å². The maximum Gasteiger partial charge on any atom is 0.264 e. The third-order valence-electron chi connectivity index (χ3n) is 8.12. The molecule has 0 amide bonds. The predicted molar refractivity (Wildman–Crippen MR) is 148 cm³/mol. The molecule has 1 saturated carbocycles.